The van der Waals surface area contributed by atoms with Gasteiger partial charge in [-0.1, -0.05) is 49.3 Å². The Labute approximate surface area is 121 Å². The predicted molar refractivity (Wildman–Crippen MR) is 75.2 cm³/mol. The summed E-state index contributed by atoms with van der Waals surface area (Å²) < 4.78 is 0. The van der Waals surface area contributed by atoms with Gasteiger partial charge in [0.05, 0.1) is 0 Å². The van der Waals surface area contributed by atoms with E-state index in [1.54, 1.807) is 0 Å². The van der Waals surface area contributed by atoms with Gasteiger partial charge >= 0.3 is 43.0 Å². The van der Waals surface area contributed by atoms with Gasteiger partial charge in [-0.25, -0.2) is 0 Å². The molecular formula is C13H15Br2Zr. The molecule has 1 aliphatic carbocycles. The molecule has 0 saturated heterocycles. The molecule has 1 aliphatic rings. The van der Waals surface area contributed by atoms with Crippen LogP contribution in [0.25, 0.3) is 6.08 Å². The molecule has 0 aliphatic heterocycles. The Hall–Kier alpha value is 0.803. The third kappa shape index (κ3) is 4.98. The second-order valence-electron chi connectivity index (χ2n) is 3.67. The third-order valence-electron chi connectivity index (χ3n) is 2.50. The van der Waals surface area contributed by atoms with Gasteiger partial charge in [-0.15, -0.1) is 0 Å². The first kappa shape index (κ1) is 14.9. The van der Waals surface area contributed by atoms with Crippen molar-refractivity contribution < 1.29 is 18.5 Å². The maximum atomic E-state index is 3.23. The topological polar surface area (TPSA) is 0 Å². The molecule has 0 unspecified atom stereocenters. The molecule has 0 saturated carbocycles. The second-order valence-corrected chi connectivity index (χ2v) is 15.0. The van der Waals surface area contributed by atoms with Crippen molar-refractivity contribution in [2.75, 3.05) is 0 Å². The zero-order chi connectivity index (χ0) is 11.8. The van der Waals surface area contributed by atoms with Gasteiger partial charge in [0.1, 0.15) is 0 Å². The third-order valence-corrected chi connectivity index (χ3v) is 2.50. The minimum absolute atomic E-state index is 0.145. The molecule has 0 nitrogen and oxygen atoms in total. The van der Waals surface area contributed by atoms with E-state index in [-0.39, 0.29) is 18.5 Å². The molecular weight excluding hydrogens is 407 g/mol. The van der Waals surface area contributed by atoms with Crippen molar-refractivity contribution in [3.63, 3.8) is 0 Å². The molecule has 2 rings (SSSR count). The molecule has 1 radical (unpaired) electrons. The van der Waals surface area contributed by atoms with Crippen LogP contribution in [0.5, 0.6) is 0 Å². The number of unbranched alkanes of at least 4 members (excludes halogenated alkanes) is 1. The fourth-order valence-corrected chi connectivity index (χ4v) is 1.74. The fraction of sp³-hybridized carbons (Fsp3) is 0.308. The number of hydrogen-bond acceptors (Lipinski definition) is 0. The average Bonchev–Trinajstić information content (AvgIpc) is 2.70. The summed E-state index contributed by atoms with van der Waals surface area (Å²) in [6, 6.07) is 8.58. The van der Waals surface area contributed by atoms with Gasteiger partial charge in [-0.05, 0) is 24.0 Å². The molecule has 0 aromatic heterocycles. The van der Waals surface area contributed by atoms with Gasteiger partial charge in [0.2, 0.25) is 0 Å². The van der Waals surface area contributed by atoms with E-state index in [0.717, 1.165) is 0 Å². The summed E-state index contributed by atoms with van der Waals surface area (Å²) in [5.41, 5.74) is 4.25. The summed E-state index contributed by atoms with van der Waals surface area (Å²) >= 11 is 6.32. The normalized spacial score (nSPS) is 12.3. The number of halogens is 2. The summed E-state index contributed by atoms with van der Waals surface area (Å²) in [4.78, 5) is 0. The molecule has 0 spiro atoms. The van der Waals surface area contributed by atoms with E-state index in [9.17, 15) is 0 Å². The SMILES string of the molecule is CCCCC1=Cc2ccccc2[CH]1.[Br][Zr][Br]. The van der Waals surface area contributed by atoms with E-state index in [0.29, 0.717) is 0 Å². The molecule has 3 heteroatoms. The molecule has 85 valence electrons. The van der Waals surface area contributed by atoms with Gasteiger partial charge in [-0.2, -0.15) is 0 Å². The molecule has 1 aromatic carbocycles. The molecule has 0 amide bonds. The van der Waals surface area contributed by atoms with E-state index < -0.39 is 0 Å². The van der Waals surface area contributed by atoms with Crippen molar-refractivity contribution in [3.8, 4) is 0 Å². The van der Waals surface area contributed by atoms with Crippen molar-refractivity contribution in [3.05, 3.63) is 47.4 Å². The zero-order valence-electron chi connectivity index (χ0n) is 9.34. The van der Waals surface area contributed by atoms with E-state index in [2.05, 4.69) is 68.1 Å². The standard InChI is InChI=1S/C13H15.2BrH.Zr/c1-2-3-6-11-9-12-7-4-5-8-13(12)10-11;;;/h4-5,7-10H,2-3,6H2,1H3;2*1H;/q;;;+2/p-2. The fourth-order valence-electron chi connectivity index (χ4n) is 1.74. The van der Waals surface area contributed by atoms with E-state index in [1.165, 1.54) is 36.0 Å². The molecule has 1 aromatic rings. The first-order valence-electron chi connectivity index (χ1n) is 5.42. The van der Waals surface area contributed by atoms with Crippen LogP contribution in [0.4, 0.5) is 0 Å². The summed E-state index contributed by atoms with van der Waals surface area (Å²) in [6.07, 6.45) is 8.43. The van der Waals surface area contributed by atoms with Crippen LogP contribution in [-0.4, -0.2) is 0 Å². The summed E-state index contributed by atoms with van der Waals surface area (Å²) in [7, 11) is 0. The summed E-state index contributed by atoms with van der Waals surface area (Å²) in [5, 5.41) is 0. The van der Waals surface area contributed by atoms with Crippen molar-refractivity contribution in [2.24, 2.45) is 0 Å². The second kappa shape index (κ2) is 8.83. The molecule has 0 fully saturated rings. The molecule has 16 heavy (non-hydrogen) atoms. The minimum atomic E-state index is -0.145. The maximum absolute atomic E-state index is 3.23. The number of rotatable bonds is 3. The first-order chi connectivity index (χ1) is 7.81. The Bertz CT molecular complexity index is 348. The Morgan fingerprint density at radius 2 is 1.75 bits per heavy atom. The number of fused-ring (bicyclic) bond motifs is 1. The Balaban J connectivity index is 0.000000386. The average molecular weight is 422 g/mol. The van der Waals surface area contributed by atoms with E-state index in [1.807, 2.05) is 0 Å². The van der Waals surface area contributed by atoms with Crippen LogP contribution < -0.4 is 0 Å². The van der Waals surface area contributed by atoms with Crippen LogP contribution in [-0.2, 0) is 18.5 Å². The molecule has 0 atom stereocenters. The number of hydrogen-bond donors (Lipinski definition) is 0. The van der Waals surface area contributed by atoms with E-state index in [4.69, 9.17) is 0 Å². The van der Waals surface area contributed by atoms with Crippen molar-refractivity contribution in [1.29, 1.82) is 0 Å². The Morgan fingerprint density at radius 3 is 2.31 bits per heavy atom. The monoisotopic (exact) mass is 419 g/mol. The van der Waals surface area contributed by atoms with Gasteiger partial charge < -0.3 is 0 Å². The first-order valence-corrected chi connectivity index (χ1v) is 16.7. The Morgan fingerprint density at radius 1 is 1.12 bits per heavy atom. The van der Waals surface area contributed by atoms with Crippen LogP contribution in [0.15, 0.2) is 29.8 Å². The van der Waals surface area contributed by atoms with E-state index >= 15 is 0 Å². The summed E-state index contributed by atoms with van der Waals surface area (Å²) in [5.74, 6) is 0. The van der Waals surface area contributed by atoms with Gasteiger partial charge in [0, 0.05) is 6.42 Å². The summed E-state index contributed by atoms with van der Waals surface area (Å²) in [6.45, 7) is 2.24. The number of allylic oxidation sites excluding steroid dienone is 1. The molecule has 0 bridgehead atoms. The van der Waals surface area contributed by atoms with Crippen LogP contribution >= 0.6 is 24.4 Å². The quantitative estimate of drug-likeness (QED) is 0.602. The Kier molecular flexibility index (Phi) is 8.20. The van der Waals surface area contributed by atoms with Crippen molar-refractivity contribution in [1.82, 2.24) is 0 Å². The van der Waals surface area contributed by atoms with Crippen LogP contribution in [0.1, 0.15) is 37.3 Å². The van der Waals surface area contributed by atoms with Crippen LogP contribution in [0.3, 0.4) is 0 Å². The number of benzene rings is 1. The predicted octanol–water partition coefficient (Wildman–Crippen LogP) is 5.51. The van der Waals surface area contributed by atoms with Crippen LogP contribution in [0.2, 0.25) is 0 Å². The van der Waals surface area contributed by atoms with Crippen LogP contribution in [0, 0.1) is 6.42 Å². The zero-order valence-corrected chi connectivity index (χ0v) is 15.0. The van der Waals surface area contributed by atoms with Gasteiger partial charge in [0.25, 0.3) is 0 Å². The molecule has 0 heterocycles. The molecule has 0 N–H and O–H groups in total. The van der Waals surface area contributed by atoms with Crippen molar-refractivity contribution in [2.45, 2.75) is 26.2 Å². The van der Waals surface area contributed by atoms with Gasteiger partial charge in [-0.3, -0.25) is 0 Å². The van der Waals surface area contributed by atoms with Crippen molar-refractivity contribution >= 4 is 30.5 Å². The van der Waals surface area contributed by atoms with Gasteiger partial charge in [0.15, 0.2) is 0 Å².